The molecule has 0 aliphatic heterocycles. The van der Waals surface area contributed by atoms with E-state index < -0.39 is 0 Å². The van der Waals surface area contributed by atoms with Gasteiger partial charge in [-0.05, 0) is 37.3 Å². The predicted octanol–water partition coefficient (Wildman–Crippen LogP) is 2.95. The largest absolute Gasteiger partial charge is 0.393 e. The monoisotopic (exact) mass is 192 g/mol. The minimum absolute atomic E-state index is 0.239. The lowest BCUT2D eigenvalue weighted by Crippen LogP contribution is -2.03. The third-order valence-electron chi connectivity index (χ3n) is 2.37. The summed E-state index contributed by atoms with van der Waals surface area (Å²) in [4.78, 5) is 0. The van der Waals surface area contributed by atoms with E-state index in [2.05, 4.69) is 31.2 Å². The molecule has 0 unspecified atom stereocenters. The molecular weight excluding hydrogens is 172 g/mol. The summed E-state index contributed by atoms with van der Waals surface area (Å²) in [5.41, 5.74) is 2.63. The van der Waals surface area contributed by atoms with Crippen LogP contribution in [0.1, 0.15) is 37.8 Å². The molecule has 0 aromatic heterocycles. The van der Waals surface area contributed by atoms with E-state index in [1.807, 2.05) is 6.92 Å². The number of hydrogen-bond donors (Lipinski definition) is 1. The van der Waals surface area contributed by atoms with Gasteiger partial charge in [0.1, 0.15) is 0 Å². The highest BCUT2D eigenvalue weighted by molar-refractivity contribution is 5.23. The second kappa shape index (κ2) is 5.82. The molecule has 0 fully saturated rings. The first kappa shape index (κ1) is 11.3. The van der Waals surface area contributed by atoms with Crippen molar-refractivity contribution >= 4 is 0 Å². The summed E-state index contributed by atoms with van der Waals surface area (Å²) in [5, 5.41) is 9.22. The van der Waals surface area contributed by atoms with Gasteiger partial charge in [0.25, 0.3) is 0 Å². The average molecular weight is 192 g/mol. The van der Waals surface area contributed by atoms with Crippen LogP contribution >= 0.6 is 0 Å². The number of hydrogen-bond acceptors (Lipinski definition) is 1. The molecule has 0 saturated carbocycles. The Hall–Kier alpha value is -0.820. The summed E-state index contributed by atoms with van der Waals surface area (Å²) < 4.78 is 0. The van der Waals surface area contributed by atoms with Gasteiger partial charge in [0.2, 0.25) is 0 Å². The summed E-state index contributed by atoms with van der Waals surface area (Å²) >= 11 is 0. The highest BCUT2D eigenvalue weighted by Crippen LogP contribution is 2.09. The van der Waals surface area contributed by atoms with Crippen LogP contribution < -0.4 is 0 Å². The maximum Gasteiger partial charge on any atom is 0.0552 e. The molecule has 0 radical (unpaired) electrons. The van der Waals surface area contributed by atoms with Gasteiger partial charge < -0.3 is 5.11 Å². The van der Waals surface area contributed by atoms with Gasteiger partial charge in [-0.15, -0.1) is 0 Å². The van der Waals surface area contributed by atoms with Crippen LogP contribution in [0, 0.1) is 0 Å². The van der Waals surface area contributed by atoms with Gasteiger partial charge in [0.05, 0.1) is 6.10 Å². The van der Waals surface area contributed by atoms with Crippen molar-refractivity contribution in [2.75, 3.05) is 0 Å². The van der Waals surface area contributed by atoms with Crippen molar-refractivity contribution in [2.45, 2.75) is 45.6 Å². The van der Waals surface area contributed by atoms with Gasteiger partial charge in [0.15, 0.2) is 0 Å². The van der Waals surface area contributed by atoms with E-state index in [9.17, 15) is 5.11 Å². The van der Waals surface area contributed by atoms with Gasteiger partial charge in [0, 0.05) is 0 Å². The fraction of sp³-hybridized carbons (Fsp3) is 0.538. The van der Waals surface area contributed by atoms with Gasteiger partial charge in [-0.25, -0.2) is 0 Å². The molecule has 1 heteroatoms. The van der Waals surface area contributed by atoms with Crippen LogP contribution in [0.3, 0.4) is 0 Å². The van der Waals surface area contributed by atoms with Crippen molar-refractivity contribution in [1.29, 1.82) is 0 Å². The van der Waals surface area contributed by atoms with Gasteiger partial charge in [-0.3, -0.25) is 0 Å². The Balaban J connectivity index is 2.50. The van der Waals surface area contributed by atoms with E-state index in [1.54, 1.807) is 0 Å². The molecule has 0 saturated heterocycles. The third-order valence-corrected chi connectivity index (χ3v) is 2.37. The molecule has 0 amide bonds. The molecule has 0 aliphatic carbocycles. The molecule has 1 N–H and O–H groups in total. The van der Waals surface area contributed by atoms with Crippen molar-refractivity contribution in [1.82, 2.24) is 0 Å². The molecule has 0 spiro atoms. The molecular formula is C13H20O. The molecule has 14 heavy (non-hydrogen) atoms. The number of aliphatic hydroxyl groups excluding tert-OH is 1. The van der Waals surface area contributed by atoms with Crippen LogP contribution in [0.15, 0.2) is 24.3 Å². The van der Waals surface area contributed by atoms with Gasteiger partial charge in [-0.2, -0.15) is 0 Å². The average Bonchev–Trinajstić information content (AvgIpc) is 2.16. The van der Waals surface area contributed by atoms with Crippen LogP contribution in [-0.4, -0.2) is 11.2 Å². The number of benzene rings is 1. The van der Waals surface area contributed by atoms with Crippen LogP contribution in [0.25, 0.3) is 0 Å². The molecule has 78 valence electrons. The number of aryl methyl sites for hydroxylation is 1. The summed E-state index contributed by atoms with van der Waals surface area (Å²) in [5.74, 6) is 0. The lowest BCUT2D eigenvalue weighted by molar-refractivity contribution is 0.195. The maximum atomic E-state index is 9.22. The lowest BCUT2D eigenvalue weighted by Gasteiger charge is -2.05. The maximum absolute atomic E-state index is 9.22. The van der Waals surface area contributed by atoms with Gasteiger partial charge >= 0.3 is 0 Å². The van der Waals surface area contributed by atoms with Crippen LogP contribution in [0.5, 0.6) is 0 Å². The molecule has 1 rings (SSSR count). The van der Waals surface area contributed by atoms with E-state index in [1.165, 1.54) is 30.4 Å². The molecule has 0 heterocycles. The number of unbranched alkanes of at least 4 members (excludes halogenated alkanes) is 1. The van der Waals surface area contributed by atoms with Crippen molar-refractivity contribution < 1.29 is 5.11 Å². The van der Waals surface area contributed by atoms with Crippen LogP contribution in [-0.2, 0) is 12.8 Å². The van der Waals surface area contributed by atoms with Crippen molar-refractivity contribution in [3.63, 3.8) is 0 Å². The SMILES string of the molecule is CCCCc1ccc(C[C@H](C)O)cc1. The smallest absolute Gasteiger partial charge is 0.0552 e. The Labute approximate surface area is 86.8 Å². The summed E-state index contributed by atoms with van der Waals surface area (Å²) in [6.45, 7) is 4.03. The zero-order valence-electron chi connectivity index (χ0n) is 9.16. The Morgan fingerprint density at radius 1 is 1.14 bits per heavy atom. The Morgan fingerprint density at radius 3 is 2.21 bits per heavy atom. The Bertz CT molecular complexity index is 248. The zero-order chi connectivity index (χ0) is 10.4. The topological polar surface area (TPSA) is 20.2 Å². The molecule has 1 nitrogen and oxygen atoms in total. The lowest BCUT2D eigenvalue weighted by atomic mass is 10.0. The second-order valence-corrected chi connectivity index (χ2v) is 3.97. The highest BCUT2D eigenvalue weighted by Gasteiger charge is 1.98. The number of rotatable bonds is 5. The normalized spacial score (nSPS) is 12.8. The van der Waals surface area contributed by atoms with Crippen LogP contribution in [0.4, 0.5) is 0 Å². The fourth-order valence-electron chi connectivity index (χ4n) is 1.56. The van der Waals surface area contributed by atoms with Crippen molar-refractivity contribution in [3.8, 4) is 0 Å². The van der Waals surface area contributed by atoms with Crippen molar-refractivity contribution in [3.05, 3.63) is 35.4 Å². The first-order chi connectivity index (χ1) is 6.72. The number of aliphatic hydroxyl groups is 1. The zero-order valence-corrected chi connectivity index (χ0v) is 9.16. The predicted molar refractivity (Wildman–Crippen MR) is 60.4 cm³/mol. The Kier molecular flexibility index (Phi) is 4.68. The first-order valence-corrected chi connectivity index (χ1v) is 5.48. The molecule has 0 bridgehead atoms. The van der Waals surface area contributed by atoms with E-state index in [4.69, 9.17) is 0 Å². The molecule has 1 aromatic rings. The van der Waals surface area contributed by atoms with E-state index in [0.717, 1.165) is 6.42 Å². The third kappa shape index (κ3) is 3.93. The first-order valence-electron chi connectivity index (χ1n) is 5.48. The van der Waals surface area contributed by atoms with Gasteiger partial charge in [-0.1, -0.05) is 37.6 Å². The van der Waals surface area contributed by atoms with E-state index in [-0.39, 0.29) is 6.10 Å². The minimum Gasteiger partial charge on any atom is -0.393 e. The van der Waals surface area contributed by atoms with Crippen LogP contribution in [0.2, 0.25) is 0 Å². The second-order valence-electron chi connectivity index (χ2n) is 3.97. The Morgan fingerprint density at radius 2 is 1.71 bits per heavy atom. The molecule has 0 aliphatic rings. The van der Waals surface area contributed by atoms with E-state index >= 15 is 0 Å². The fourth-order valence-corrected chi connectivity index (χ4v) is 1.56. The minimum atomic E-state index is -0.239. The summed E-state index contributed by atoms with van der Waals surface area (Å²) in [6.07, 6.45) is 4.20. The standard InChI is InChI=1S/C13H20O/c1-3-4-5-12-6-8-13(9-7-12)10-11(2)14/h6-9,11,14H,3-5,10H2,1-2H3/t11-/m0/s1. The quantitative estimate of drug-likeness (QED) is 0.760. The summed E-state index contributed by atoms with van der Waals surface area (Å²) in [6, 6.07) is 8.59. The van der Waals surface area contributed by atoms with E-state index in [0.29, 0.717) is 0 Å². The summed E-state index contributed by atoms with van der Waals surface area (Å²) in [7, 11) is 0. The molecule has 1 aromatic carbocycles. The van der Waals surface area contributed by atoms with Crippen molar-refractivity contribution in [2.24, 2.45) is 0 Å². The molecule has 1 atom stereocenters. The highest BCUT2D eigenvalue weighted by atomic mass is 16.3.